The van der Waals surface area contributed by atoms with Crippen molar-refractivity contribution in [2.45, 2.75) is 32.4 Å². The summed E-state index contributed by atoms with van der Waals surface area (Å²) in [6.07, 6.45) is 9.55. The number of carbonyl (C=O) groups excluding carboxylic acids is 4. The van der Waals surface area contributed by atoms with Crippen molar-refractivity contribution in [3.8, 4) is 69.6 Å². The third-order valence-corrected chi connectivity index (χ3v) is 19.8. The van der Waals surface area contributed by atoms with E-state index in [1.807, 2.05) is 0 Å². The molecule has 9 rings (SSSR count). The maximum absolute atomic E-state index is 13.1. The Morgan fingerprint density at radius 2 is 0.926 bits per heavy atom. The van der Waals surface area contributed by atoms with Crippen LogP contribution < -0.4 is 44.1 Å². The second-order valence-electron chi connectivity index (χ2n) is 21.8. The SMILES string of the molecule is C#CCOCCOCCOCCN.C#CCOCCOCCOCCNC(=O)c1cc(Cl)c(-c2c3ccc(=[NH2+])c(S(=O)(=O)O)c-3oc3c(S(=O)(=O)[O-])c(N)ccc23)c(C(=O)O)c1Cl.Nc1ccc2c(-c3c(Cl)cc(C(=O)ON4C(=O)CCC4=O)c(Cl)c3C(=O)O)c3ccc(=[NH2+])c(S(=O)(=O)O)c-3oc2c1S(=O)(=O)[O-]. The fraction of sp³-hybridized carbons (Fsp3) is 0.250. The van der Waals surface area contributed by atoms with E-state index in [4.69, 9.17) is 129 Å². The van der Waals surface area contributed by atoms with Crippen molar-refractivity contribution < 1.29 is 144 Å². The van der Waals surface area contributed by atoms with Gasteiger partial charge >= 0.3 is 38.1 Å². The Balaban J connectivity index is 0.000000259. The second kappa shape index (κ2) is 36.6. The maximum atomic E-state index is 13.1. The highest BCUT2D eigenvalue weighted by atomic mass is 35.5. The number of imide groups is 1. The normalized spacial score (nSPS) is 12.5. The summed E-state index contributed by atoms with van der Waals surface area (Å²) in [5.41, 5.74) is 8.71. The number of ether oxygens (including phenoxy) is 6. The highest BCUT2D eigenvalue weighted by Crippen LogP contribution is 2.51. The quantitative estimate of drug-likeness (QED) is 0.00761. The Bertz CT molecular complexity index is 5540. The Labute approximate surface area is 631 Å². The molecule has 3 heterocycles. The smallest absolute Gasteiger partial charge is 0.365 e. The molecule has 5 aliphatic rings. The van der Waals surface area contributed by atoms with Crippen molar-refractivity contribution in [3.05, 3.63) is 114 Å². The number of terminal acetylenes is 2. The number of amides is 3. The van der Waals surface area contributed by atoms with E-state index in [0.29, 0.717) is 59.4 Å². The summed E-state index contributed by atoms with van der Waals surface area (Å²) < 4.78 is 186. The molecule has 3 aliphatic heterocycles. The number of anilines is 2. The molecular formula is C64H59Cl4N7O29S4. The number of nitrogen functional groups attached to an aromatic ring is 2. The van der Waals surface area contributed by atoms with Crippen molar-refractivity contribution in [2.24, 2.45) is 5.73 Å². The lowest BCUT2D eigenvalue weighted by atomic mass is 9.89. The van der Waals surface area contributed by atoms with Crippen LogP contribution in [-0.4, -0.2) is 195 Å². The number of carboxylic acids is 2. The van der Waals surface area contributed by atoms with Crippen LogP contribution in [0, 0.1) is 24.7 Å². The number of nitrogens with one attached hydrogen (secondary N) is 1. The minimum atomic E-state index is -5.48. The van der Waals surface area contributed by atoms with Crippen LogP contribution in [0.4, 0.5) is 11.4 Å². The summed E-state index contributed by atoms with van der Waals surface area (Å²) in [6, 6.07) is 10.4. The first-order chi connectivity index (χ1) is 50.8. The van der Waals surface area contributed by atoms with Gasteiger partial charge in [0.1, 0.15) is 43.2 Å². The van der Waals surface area contributed by atoms with E-state index < -0.39 is 194 Å². The molecule has 3 amide bonds. The number of hydrogen-bond acceptors (Lipinski definition) is 28. The Morgan fingerprint density at radius 1 is 0.556 bits per heavy atom. The summed E-state index contributed by atoms with van der Waals surface area (Å²) >= 11 is 26.0. The topological polar surface area (TPSA) is 601 Å². The number of hydroxylamine groups is 2. The molecule has 1 saturated heterocycles. The fourth-order valence-electron chi connectivity index (χ4n) is 10.4. The molecule has 15 N–H and O–H groups in total. The van der Waals surface area contributed by atoms with Gasteiger partial charge in [0.05, 0.1) is 120 Å². The largest absolute Gasteiger partial charge is 0.744 e. The third-order valence-electron chi connectivity index (χ3n) is 14.7. The lowest BCUT2D eigenvalue weighted by Crippen LogP contribution is -2.47. The highest BCUT2D eigenvalue weighted by Gasteiger charge is 2.39. The number of fused-ring (bicyclic) bond motifs is 4. The van der Waals surface area contributed by atoms with Gasteiger partial charge in [-0.1, -0.05) is 58.2 Å². The van der Waals surface area contributed by atoms with Crippen molar-refractivity contribution in [1.29, 1.82) is 0 Å². The Morgan fingerprint density at radius 3 is 1.30 bits per heavy atom. The fourth-order valence-corrected chi connectivity index (χ4v) is 14.6. The van der Waals surface area contributed by atoms with Crippen LogP contribution in [0.1, 0.15) is 54.3 Å². The van der Waals surface area contributed by atoms with Gasteiger partial charge in [-0.15, -0.1) is 17.9 Å². The number of benzene rings is 6. The number of rotatable bonds is 30. The van der Waals surface area contributed by atoms with Crippen LogP contribution in [0.25, 0.3) is 66.8 Å². The molecule has 0 saturated carbocycles. The van der Waals surface area contributed by atoms with Gasteiger partial charge in [0, 0.05) is 82.2 Å². The average molecular weight is 1660 g/mol. The first kappa shape index (κ1) is 85.8. The second-order valence-corrected chi connectivity index (χ2v) is 28.7. The van der Waals surface area contributed by atoms with Crippen molar-refractivity contribution in [2.75, 3.05) is 104 Å². The number of nitrogens with two attached hydrogens (primary N) is 5. The Hall–Kier alpha value is -9.48. The molecule has 44 heteroatoms. The van der Waals surface area contributed by atoms with Gasteiger partial charge < -0.3 is 83.9 Å². The van der Waals surface area contributed by atoms with Gasteiger partial charge in [-0.2, -0.15) is 16.8 Å². The molecule has 36 nitrogen and oxygen atoms in total. The zero-order valence-electron chi connectivity index (χ0n) is 55.2. The molecule has 0 bridgehead atoms. The van der Waals surface area contributed by atoms with E-state index in [9.17, 15) is 90.9 Å². The zero-order chi connectivity index (χ0) is 80.1. The van der Waals surface area contributed by atoms with Crippen LogP contribution in [0.2, 0.25) is 20.1 Å². The summed E-state index contributed by atoms with van der Waals surface area (Å²) in [7, 11) is -21.4. The molecular weight excluding hydrogens is 1600 g/mol. The number of nitrogens with zero attached hydrogens (tertiary/aromatic N) is 1. The van der Waals surface area contributed by atoms with Gasteiger partial charge in [0.25, 0.3) is 17.7 Å². The maximum Gasteiger partial charge on any atom is 0.365 e. The third kappa shape index (κ3) is 19.9. The number of carboxylic acid groups (broad SMARTS) is 2. The zero-order valence-corrected chi connectivity index (χ0v) is 61.5. The molecule has 108 heavy (non-hydrogen) atoms. The van der Waals surface area contributed by atoms with Crippen molar-refractivity contribution in [3.63, 3.8) is 0 Å². The van der Waals surface area contributed by atoms with Gasteiger partial charge in [-0.25, -0.2) is 31.2 Å². The van der Waals surface area contributed by atoms with Crippen LogP contribution in [0.5, 0.6) is 0 Å². The molecule has 0 radical (unpaired) electrons. The first-order valence-corrected chi connectivity index (χ1v) is 37.6. The van der Waals surface area contributed by atoms with E-state index in [2.05, 4.69) is 17.2 Å². The highest BCUT2D eigenvalue weighted by molar-refractivity contribution is 7.87. The Kier molecular flexibility index (Phi) is 29.1. The predicted octanol–water partition coefficient (Wildman–Crippen LogP) is 1.47. The van der Waals surface area contributed by atoms with Gasteiger partial charge in [-0.3, -0.25) is 34.3 Å². The van der Waals surface area contributed by atoms with Crippen molar-refractivity contribution in [1.82, 2.24) is 10.4 Å². The lowest BCUT2D eigenvalue weighted by molar-refractivity contribution is -0.177. The number of carbonyl (C=O) groups is 6. The molecule has 4 aromatic carbocycles. The lowest BCUT2D eigenvalue weighted by Gasteiger charge is -2.22. The molecule has 0 spiro atoms. The predicted molar refractivity (Wildman–Crippen MR) is 375 cm³/mol. The van der Waals surface area contributed by atoms with E-state index in [1.54, 1.807) is 0 Å². The summed E-state index contributed by atoms with van der Waals surface area (Å²) in [5.74, 6) is -4.48. The van der Waals surface area contributed by atoms with Crippen LogP contribution in [-0.2, 0) is 83.3 Å². The molecule has 576 valence electrons. The van der Waals surface area contributed by atoms with E-state index in [1.165, 1.54) is 6.07 Å². The van der Waals surface area contributed by atoms with Crippen LogP contribution in [0.15, 0.2) is 89.1 Å². The van der Waals surface area contributed by atoms with Gasteiger partial charge in [0.2, 0.25) is 20.5 Å². The summed E-state index contributed by atoms with van der Waals surface area (Å²) in [6.45, 7) is 4.90. The molecule has 0 aromatic heterocycles. The first-order valence-electron chi connectivity index (χ1n) is 30.3. The monoisotopic (exact) mass is 1660 g/mol. The average Bonchev–Trinajstić information content (AvgIpc) is 0.772. The van der Waals surface area contributed by atoms with Crippen LogP contribution >= 0.6 is 46.4 Å². The molecule has 0 unspecified atom stereocenters. The van der Waals surface area contributed by atoms with E-state index >= 15 is 0 Å². The minimum Gasteiger partial charge on any atom is -0.744 e. The molecule has 2 aliphatic carbocycles. The summed E-state index contributed by atoms with van der Waals surface area (Å²) in [4.78, 5) is 75.8. The number of hydrogen-bond donors (Lipinski definition) is 10. The summed E-state index contributed by atoms with van der Waals surface area (Å²) in [5, 5.41) is 30.6. The van der Waals surface area contributed by atoms with E-state index in [0.717, 1.165) is 54.6 Å². The number of aromatic carboxylic acids is 2. The van der Waals surface area contributed by atoms with Gasteiger partial charge in [-0.05, 0) is 48.5 Å². The molecule has 4 aromatic rings. The van der Waals surface area contributed by atoms with Crippen molar-refractivity contribution >= 4 is 156 Å². The minimum absolute atomic E-state index is 0.0363. The van der Waals surface area contributed by atoms with E-state index in [-0.39, 0.29) is 83.9 Å². The number of halogens is 4. The standard InChI is InChI=1S/C30H27Cl2N3O13S2.C25H15Cl2N3O13S2.C9H17NO3/c1-2-8-45-10-12-47-13-11-46-9-7-35-29(36)17-14-18(31)22(23(24(17)32)30(37)38)21-15-3-5-19(33)27(49(39,40)41)25(15)48-26-16(21)4-6-20(34)28(26)50(42,43)44;26-11-7-10(25(35)43-30-14(31)5-6-15(30)32)19(27)18(24(33)34)17(11)16-8-1-3-12(28)22(44(36,37)38)20(8)42-21-9(16)2-4-13(29)23(21)45(39,40)41;1-2-4-11-6-8-13-9-7-12-5-3-10/h1,3-6,14,33H,7-13,34H2,(H,35,36)(H,37,38)(H,39,40,41)(H,42,43,44);1-4,7,28H,5-6,29H2,(H,33,34)(H,36,37,38)(H,39,40,41);1H,3-10H2. The van der Waals surface area contributed by atoms with Gasteiger partial charge in [0.15, 0.2) is 22.7 Å². The van der Waals surface area contributed by atoms with Crippen LogP contribution in [0.3, 0.4) is 0 Å². The molecule has 0 atom stereocenters. The molecule has 1 fully saturated rings.